The van der Waals surface area contributed by atoms with E-state index in [1.165, 1.54) is 13.2 Å². The van der Waals surface area contributed by atoms with Gasteiger partial charge < -0.3 is 4.74 Å². The Morgan fingerprint density at radius 1 is 1.15 bits per heavy atom. The van der Waals surface area contributed by atoms with E-state index in [1.807, 2.05) is 6.07 Å². The Kier molecular flexibility index (Phi) is 4.52. The zero-order chi connectivity index (χ0) is 14.6. The Labute approximate surface area is 123 Å². The lowest BCUT2D eigenvalue weighted by molar-refractivity contribution is 0.415. The first-order valence-corrected chi connectivity index (χ1v) is 7.91. The first kappa shape index (κ1) is 14.7. The number of benzene rings is 2. The van der Waals surface area contributed by atoms with Crippen molar-refractivity contribution < 1.29 is 13.2 Å². The molecule has 0 aliphatic carbocycles. The van der Waals surface area contributed by atoms with Crippen molar-refractivity contribution in [2.45, 2.75) is 5.75 Å². The van der Waals surface area contributed by atoms with Gasteiger partial charge in [-0.3, -0.25) is 4.72 Å². The Morgan fingerprint density at radius 2 is 1.85 bits per heavy atom. The molecule has 2 rings (SSSR count). The van der Waals surface area contributed by atoms with Crippen molar-refractivity contribution in [2.75, 3.05) is 11.8 Å². The molecule has 0 aromatic heterocycles. The third kappa shape index (κ3) is 3.88. The van der Waals surface area contributed by atoms with Crippen molar-refractivity contribution >= 4 is 27.3 Å². The number of hydrogen-bond acceptors (Lipinski definition) is 3. The van der Waals surface area contributed by atoms with Gasteiger partial charge in [-0.25, -0.2) is 8.42 Å². The fourth-order valence-electron chi connectivity index (χ4n) is 1.74. The van der Waals surface area contributed by atoms with Gasteiger partial charge >= 0.3 is 0 Å². The van der Waals surface area contributed by atoms with Gasteiger partial charge in [0.25, 0.3) is 0 Å². The van der Waals surface area contributed by atoms with Gasteiger partial charge in [0.1, 0.15) is 5.75 Å². The molecule has 1 N–H and O–H groups in total. The minimum Gasteiger partial charge on any atom is -0.495 e. The maximum Gasteiger partial charge on any atom is 0.236 e. The minimum absolute atomic E-state index is 0.0858. The predicted octanol–water partition coefficient (Wildman–Crippen LogP) is 3.29. The summed E-state index contributed by atoms with van der Waals surface area (Å²) in [7, 11) is -1.97. The van der Waals surface area contributed by atoms with Crippen molar-refractivity contribution in [3.8, 4) is 5.75 Å². The van der Waals surface area contributed by atoms with Crippen LogP contribution < -0.4 is 9.46 Å². The van der Waals surface area contributed by atoms with E-state index in [4.69, 9.17) is 16.3 Å². The summed E-state index contributed by atoms with van der Waals surface area (Å²) < 4.78 is 31.6. The third-order valence-electron chi connectivity index (χ3n) is 2.62. The van der Waals surface area contributed by atoms with E-state index in [-0.39, 0.29) is 5.75 Å². The molecule has 0 bridgehead atoms. The zero-order valence-electron chi connectivity index (χ0n) is 10.8. The van der Waals surface area contributed by atoms with E-state index in [1.54, 1.807) is 36.4 Å². The molecule has 0 heterocycles. The topological polar surface area (TPSA) is 55.4 Å². The van der Waals surface area contributed by atoms with E-state index < -0.39 is 10.0 Å². The lowest BCUT2D eigenvalue weighted by Crippen LogP contribution is -2.15. The second-order valence-corrected chi connectivity index (χ2v) is 6.33. The molecule has 0 saturated heterocycles. The molecule has 2 aromatic rings. The van der Waals surface area contributed by atoms with Crippen molar-refractivity contribution in [3.05, 3.63) is 59.1 Å². The Bertz CT molecular complexity index is 687. The SMILES string of the molecule is COc1ccc(NS(=O)(=O)Cc2ccccc2)cc1Cl. The summed E-state index contributed by atoms with van der Waals surface area (Å²) in [5.74, 6) is 0.412. The van der Waals surface area contributed by atoms with Crippen molar-refractivity contribution in [2.24, 2.45) is 0 Å². The standard InChI is InChI=1S/C14H14ClNO3S/c1-19-14-8-7-12(9-13(14)15)16-20(17,18)10-11-5-3-2-4-6-11/h2-9,16H,10H2,1H3. The number of rotatable bonds is 5. The molecule has 0 radical (unpaired) electrons. The first-order chi connectivity index (χ1) is 9.50. The molecule has 0 amide bonds. The summed E-state index contributed by atoms with van der Waals surface area (Å²) in [5, 5.41) is 0.354. The van der Waals surface area contributed by atoms with Crippen LogP contribution in [-0.4, -0.2) is 15.5 Å². The Balaban J connectivity index is 2.14. The van der Waals surface area contributed by atoms with Gasteiger partial charge in [0.05, 0.1) is 23.6 Å². The van der Waals surface area contributed by atoms with Gasteiger partial charge in [0.15, 0.2) is 0 Å². The van der Waals surface area contributed by atoms with Crippen molar-refractivity contribution in [3.63, 3.8) is 0 Å². The smallest absolute Gasteiger partial charge is 0.236 e. The molecule has 0 atom stereocenters. The van der Waals surface area contributed by atoms with Crippen LogP contribution in [0.4, 0.5) is 5.69 Å². The van der Waals surface area contributed by atoms with Crippen LogP contribution in [-0.2, 0) is 15.8 Å². The molecule has 106 valence electrons. The summed E-state index contributed by atoms with van der Waals surface area (Å²) in [6.07, 6.45) is 0. The van der Waals surface area contributed by atoms with E-state index in [0.717, 1.165) is 5.56 Å². The third-order valence-corrected chi connectivity index (χ3v) is 4.18. The molecule has 0 fully saturated rings. The molecule has 0 aliphatic heterocycles. The van der Waals surface area contributed by atoms with Crippen LogP contribution in [0, 0.1) is 0 Å². The fourth-order valence-corrected chi connectivity index (χ4v) is 3.19. The Hall–Kier alpha value is -1.72. The average Bonchev–Trinajstić information content (AvgIpc) is 2.39. The number of halogens is 1. The second kappa shape index (κ2) is 6.15. The van der Waals surface area contributed by atoms with E-state index in [0.29, 0.717) is 16.5 Å². The number of methoxy groups -OCH3 is 1. The highest BCUT2D eigenvalue weighted by atomic mass is 35.5. The summed E-state index contributed by atoms with van der Waals surface area (Å²) >= 11 is 5.96. The van der Waals surface area contributed by atoms with Crippen LogP contribution >= 0.6 is 11.6 Å². The first-order valence-electron chi connectivity index (χ1n) is 5.88. The molecule has 2 aromatic carbocycles. The fraction of sp³-hybridized carbons (Fsp3) is 0.143. The Morgan fingerprint density at radius 3 is 2.45 bits per heavy atom. The molecular formula is C14H14ClNO3S. The van der Waals surface area contributed by atoms with Gasteiger partial charge in [-0.05, 0) is 23.8 Å². The van der Waals surface area contributed by atoms with E-state index in [2.05, 4.69) is 4.72 Å². The molecule has 0 aliphatic rings. The summed E-state index contributed by atoms with van der Waals surface area (Å²) in [6, 6.07) is 13.7. The maximum atomic E-state index is 12.0. The number of anilines is 1. The van der Waals surface area contributed by atoms with Gasteiger partial charge in [-0.2, -0.15) is 0 Å². The molecule has 4 nitrogen and oxygen atoms in total. The lowest BCUT2D eigenvalue weighted by Gasteiger charge is -2.10. The van der Waals surface area contributed by atoms with Crippen LogP contribution in [0.2, 0.25) is 5.02 Å². The van der Waals surface area contributed by atoms with Crippen LogP contribution in [0.1, 0.15) is 5.56 Å². The van der Waals surface area contributed by atoms with Crippen molar-refractivity contribution in [1.82, 2.24) is 0 Å². The van der Waals surface area contributed by atoms with Crippen LogP contribution in [0.3, 0.4) is 0 Å². The molecule has 0 spiro atoms. The summed E-state index contributed by atoms with van der Waals surface area (Å²) in [5.41, 5.74) is 1.13. The lowest BCUT2D eigenvalue weighted by atomic mass is 10.2. The highest BCUT2D eigenvalue weighted by molar-refractivity contribution is 7.91. The quantitative estimate of drug-likeness (QED) is 0.922. The minimum atomic E-state index is -3.47. The monoisotopic (exact) mass is 311 g/mol. The summed E-state index contributed by atoms with van der Waals surface area (Å²) in [6.45, 7) is 0. The molecule has 20 heavy (non-hydrogen) atoms. The van der Waals surface area contributed by atoms with Gasteiger partial charge in [-0.1, -0.05) is 41.9 Å². The number of ether oxygens (including phenoxy) is 1. The molecule has 6 heteroatoms. The number of nitrogens with one attached hydrogen (secondary N) is 1. The van der Waals surface area contributed by atoms with Crippen molar-refractivity contribution in [1.29, 1.82) is 0 Å². The van der Waals surface area contributed by atoms with Gasteiger partial charge in [0, 0.05) is 0 Å². The van der Waals surface area contributed by atoms with E-state index >= 15 is 0 Å². The van der Waals surface area contributed by atoms with Gasteiger partial charge in [-0.15, -0.1) is 0 Å². The van der Waals surface area contributed by atoms with E-state index in [9.17, 15) is 8.42 Å². The number of sulfonamides is 1. The maximum absolute atomic E-state index is 12.0. The van der Waals surface area contributed by atoms with Gasteiger partial charge in [0.2, 0.25) is 10.0 Å². The highest BCUT2D eigenvalue weighted by Crippen LogP contribution is 2.27. The second-order valence-electron chi connectivity index (χ2n) is 4.20. The normalized spacial score (nSPS) is 11.1. The summed E-state index contributed by atoms with van der Waals surface area (Å²) in [4.78, 5) is 0. The largest absolute Gasteiger partial charge is 0.495 e. The van der Waals surface area contributed by atoms with Crippen LogP contribution in [0.15, 0.2) is 48.5 Å². The predicted molar refractivity (Wildman–Crippen MR) is 80.7 cm³/mol. The van der Waals surface area contributed by atoms with Crippen LogP contribution in [0.25, 0.3) is 0 Å². The van der Waals surface area contributed by atoms with Crippen LogP contribution in [0.5, 0.6) is 5.75 Å². The number of hydrogen-bond donors (Lipinski definition) is 1. The molecule has 0 unspecified atom stereocenters. The molecule has 0 saturated carbocycles. The average molecular weight is 312 g/mol. The zero-order valence-corrected chi connectivity index (χ0v) is 12.4. The molecular weight excluding hydrogens is 298 g/mol. The highest BCUT2D eigenvalue weighted by Gasteiger charge is 2.12.